The van der Waals surface area contributed by atoms with Gasteiger partial charge in [-0.3, -0.25) is 4.72 Å². The third-order valence-electron chi connectivity index (χ3n) is 3.34. The summed E-state index contributed by atoms with van der Waals surface area (Å²) in [6.45, 7) is 1.91. The summed E-state index contributed by atoms with van der Waals surface area (Å²) >= 11 is 0. The van der Waals surface area contributed by atoms with Crippen LogP contribution in [0.2, 0.25) is 0 Å². The van der Waals surface area contributed by atoms with E-state index >= 15 is 0 Å². The largest absolute Gasteiger partial charge is 0.463 e. The van der Waals surface area contributed by atoms with Gasteiger partial charge in [0, 0.05) is 11.8 Å². The number of ether oxygens (including phenoxy) is 1. The van der Waals surface area contributed by atoms with E-state index in [0.717, 1.165) is 12.1 Å². The highest BCUT2D eigenvalue weighted by Gasteiger charge is 2.36. The average molecular weight is 399 g/mol. The Hall–Kier alpha value is -2.81. The normalized spacial score (nSPS) is 12.1. The summed E-state index contributed by atoms with van der Waals surface area (Å²) in [7, 11) is -4.44. The molecule has 0 spiro atoms. The molecule has 0 atom stereocenters. The maximum absolute atomic E-state index is 13.0. The van der Waals surface area contributed by atoms with Crippen LogP contribution in [-0.4, -0.2) is 21.0 Å². The summed E-state index contributed by atoms with van der Waals surface area (Å²) in [5.41, 5.74) is -0.576. The van der Waals surface area contributed by atoms with E-state index in [-0.39, 0.29) is 12.3 Å². The molecule has 0 saturated carbocycles. The lowest BCUT2D eigenvalue weighted by molar-refractivity contribution is -0.140. The first-order valence-electron chi connectivity index (χ1n) is 7.77. The molecule has 1 N–H and O–H groups in total. The second-order valence-corrected chi connectivity index (χ2v) is 6.96. The van der Waals surface area contributed by atoms with Crippen LogP contribution in [0.25, 0.3) is 6.08 Å². The first kappa shape index (κ1) is 20.5. The van der Waals surface area contributed by atoms with Gasteiger partial charge >= 0.3 is 12.1 Å². The molecule has 0 amide bonds. The second-order valence-electron chi connectivity index (χ2n) is 5.31. The first-order chi connectivity index (χ1) is 12.6. The van der Waals surface area contributed by atoms with E-state index in [2.05, 4.69) is 4.72 Å². The summed E-state index contributed by atoms with van der Waals surface area (Å²) in [6.07, 6.45) is -2.12. The number of anilines is 1. The van der Waals surface area contributed by atoms with E-state index in [1.807, 2.05) is 0 Å². The zero-order valence-corrected chi connectivity index (χ0v) is 15.0. The molecule has 0 fully saturated rings. The summed E-state index contributed by atoms with van der Waals surface area (Å²) in [6, 6.07) is 9.68. The van der Waals surface area contributed by atoms with Crippen molar-refractivity contribution in [1.29, 1.82) is 0 Å². The third kappa shape index (κ3) is 5.58. The van der Waals surface area contributed by atoms with Crippen molar-refractivity contribution >= 4 is 27.8 Å². The van der Waals surface area contributed by atoms with Crippen LogP contribution in [0.15, 0.2) is 59.5 Å². The van der Waals surface area contributed by atoms with E-state index in [0.29, 0.717) is 11.6 Å². The maximum atomic E-state index is 13.0. The molecule has 0 aliphatic heterocycles. The highest BCUT2D eigenvalue weighted by Crippen LogP contribution is 2.34. The van der Waals surface area contributed by atoms with Crippen LogP contribution in [-0.2, 0) is 25.7 Å². The Morgan fingerprint density at radius 2 is 1.74 bits per heavy atom. The molecule has 0 aromatic heterocycles. The van der Waals surface area contributed by atoms with Crippen molar-refractivity contribution in [2.45, 2.75) is 18.0 Å². The Balaban J connectivity index is 2.21. The van der Waals surface area contributed by atoms with Gasteiger partial charge in [0.05, 0.1) is 17.1 Å². The molecule has 2 aromatic carbocycles. The fraction of sp³-hybridized carbons (Fsp3) is 0.167. The van der Waals surface area contributed by atoms with E-state index in [1.54, 1.807) is 6.92 Å². The zero-order valence-electron chi connectivity index (χ0n) is 14.2. The molecule has 144 valence electrons. The molecule has 0 heterocycles. The van der Waals surface area contributed by atoms with Crippen molar-refractivity contribution < 1.29 is 31.1 Å². The predicted octanol–water partition coefficient (Wildman–Crippen LogP) is 4.08. The summed E-state index contributed by atoms with van der Waals surface area (Å²) in [5.74, 6) is -0.522. The Bertz CT molecular complexity index is 936. The van der Waals surface area contributed by atoms with Crippen LogP contribution in [0.5, 0.6) is 0 Å². The molecule has 9 heteroatoms. The molecule has 0 aliphatic carbocycles. The molecule has 5 nitrogen and oxygen atoms in total. The van der Waals surface area contributed by atoms with Gasteiger partial charge < -0.3 is 4.74 Å². The molecule has 0 unspecified atom stereocenters. The molecule has 0 bridgehead atoms. The number of carbonyl (C=O) groups is 1. The number of benzene rings is 2. The number of sulfonamides is 1. The molecular weight excluding hydrogens is 383 g/mol. The van der Waals surface area contributed by atoms with Crippen molar-refractivity contribution in [2.75, 3.05) is 11.3 Å². The summed E-state index contributed by atoms with van der Waals surface area (Å²) in [4.78, 5) is 10.4. The molecular formula is C18H16F3NO4S. The molecule has 0 aliphatic rings. The van der Waals surface area contributed by atoms with Crippen molar-refractivity contribution in [1.82, 2.24) is 0 Å². The van der Waals surface area contributed by atoms with Crippen molar-refractivity contribution in [3.8, 4) is 0 Å². The summed E-state index contributed by atoms with van der Waals surface area (Å²) < 4.78 is 70.7. The number of nitrogens with one attached hydrogen (secondary N) is 1. The van der Waals surface area contributed by atoms with Gasteiger partial charge in [0.2, 0.25) is 0 Å². The second kappa shape index (κ2) is 8.26. The minimum Gasteiger partial charge on any atom is -0.463 e. The topological polar surface area (TPSA) is 72.5 Å². The van der Waals surface area contributed by atoms with E-state index < -0.39 is 32.6 Å². The van der Waals surface area contributed by atoms with E-state index in [1.165, 1.54) is 42.5 Å². The van der Waals surface area contributed by atoms with Gasteiger partial charge in [-0.1, -0.05) is 24.3 Å². The van der Waals surface area contributed by atoms with Crippen LogP contribution < -0.4 is 4.72 Å². The fourth-order valence-electron chi connectivity index (χ4n) is 2.16. The number of alkyl halides is 3. The fourth-order valence-corrected chi connectivity index (χ4v) is 3.45. The highest BCUT2D eigenvalue weighted by atomic mass is 32.2. The highest BCUT2D eigenvalue weighted by molar-refractivity contribution is 7.92. The van der Waals surface area contributed by atoms with Gasteiger partial charge in [0.25, 0.3) is 10.0 Å². The van der Waals surface area contributed by atoms with Crippen LogP contribution in [0.3, 0.4) is 0 Å². The third-order valence-corrected chi connectivity index (χ3v) is 4.78. The molecule has 27 heavy (non-hydrogen) atoms. The van der Waals surface area contributed by atoms with Gasteiger partial charge in [-0.2, -0.15) is 13.2 Å². The van der Waals surface area contributed by atoms with Gasteiger partial charge in [0.1, 0.15) is 0 Å². The van der Waals surface area contributed by atoms with Gasteiger partial charge in [-0.15, -0.1) is 0 Å². The number of esters is 1. The quantitative estimate of drug-likeness (QED) is 0.587. The van der Waals surface area contributed by atoms with E-state index in [4.69, 9.17) is 4.74 Å². The Morgan fingerprint density at radius 3 is 2.33 bits per heavy atom. The molecule has 0 saturated heterocycles. The van der Waals surface area contributed by atoms with E-state index in [9.17, 15) is 26.4 Å². The monoisotopic (exact) mass is 399 g/mol. The number of hydrogen-bond donors (Lipinski definition) is 1. The van der Waals surface area contributed by atoms with Gasteiger partial charge in [-0.25, -0.2) is 13.2 Å². The average Bonchev–Trinajstić information content (AvgIpc) is 2.60. The Labute approximate surface area is 154 Å². The number of rotatable bonds is 6. The minimum atomic E-state index is -4.80. The number of halogens is 3. The number of carbonyl (C=O) groups excluding carboxylic acids is 1. The zero-order chi connectivity index (χ0) is 20.1. The lowest BCUT2D eigenvalue weighted by Crippen LogP contribution is -2.18. The van der Waals surface area contributed by atoms with Crippen LogP contribution >= 0.6 is 0 Å². The minimum absolute atomic E-state index is 0.0836. The van der Waals surface area contributed by atoms with Crippen LogP contribution in [0.1, 0.15) is 18.1 Å². The van der Waals surface area contributed by atoms with Crippen molar-refractivity contribution in [3.05, 3.63) is 65.7 Å². The lowest BCUT2D eigenvalue weighted by Gasteiger charge is -2.14. The SMILES string of the molecule is CCOC(=O)/C=C/c1ccc(NS(=O)(=O)c2ccccc2C(F)(F)F)cc1. The summed E-state index contributed by atoms with van der Waals surface area (Å²) in [5, 5.41) is 0. The van der Waals surface area contributed by atoms with Crippen LogP contribution in [0.4, 0.5) is 18.9 Å². The Morgan fingerprint density at radius 1 is 1.11 bits per heavy atom. The maximum Gasteiger partial charge on any atom is 0.417 e. The first-order valence-corrected chi connectivity index (χ1v) is 9.26. The van der Waals surface area contributed by atoms with Gasteiger partial charge in [-0.05, 0) is 42.8 Å². The number of hydrogen-bond acceptors (Lipinski definition) is 4. The van der Waals surface area contributed by atoms with Crippen molar-refractivity contribution in [3.63, 3.8) is 0 Å². The van der Waals surface area contributed by atoms with Crippen molar-refractivity contribution in [2.24, 2.45) is 0 Å². The molecule has 2 rings (SSSR count). The smallest absolute Gasteiger partial charge is 0.417 e. The predicted molar refractivity (Wildman–Crippen MR) is 94.4 cm³/mol. The molecule has 2 aromatic rings. The standard InChI is InChI=1S/C18H16F3NO4S/c1-2-26-17(23)12-9-13-7-10-14(11-8-13)22-27(24,25)16-6-4-3-5-15(16)18(19,20)21/h3-12,22H,2H2,1H3/b12-9+. The van der Waals surface area contributed by atoms with Crippen LogP contribution in [0, 0.1) is 0 Å². The van der Waals surface area contributed by atoms with Gasteiger partial charge in [0.15, 0.2) is 0 Å². The lowest BCUT2D eigenvalue weighted by atomic mass is 10.2. The molecule has 0 radical (unpaired) electrons. The Kier molecular flexibility index (Phi) is 6.27.